The lowest BCUT2D eigenvalue weighted by Gasteiger charge is -2.36. The van der Waals surface area contributed by atoms with Gasteiger partial charge < -0.3 is 16.0 Å². The summed E-state index contributed by atoms with van der Waals surface area (Å²) in [6.07, 6.45) is 2.24. The number of nitrogen functional groups attached to an aromatic ring is 1. The molecule has 1 aromatic heterocycles. The van der Waals surface area contributed by atoms with Gasteiger partial charge in [0.05, 0.1) is 0 Å². The zero-order chi connectivity index (χ0) is 15.6. The van der Waals surface area contributed by atoms with Crippen LogP contribution >= 0.6 is 11.3 Å². The molecule has 1 amide bonds. The van der Waals surface area contributed by atoms with E-state index in [2.05, 4.69) is 38.0 Å². The molecule has 2 unspecified atom stereocenters. The van der Waals surface area contributed by atoms with Gasteiger partial charge in [-0.25, -0.2) is 4.98 Å². The van der Waals surface area contributed by atoms with E-state index in [0.29, 0.717) is 22.5 Å². The molecule has 21 heavy (non-hydrogen) atoms. The average molecular weight is 310 g/mol. The second-order valence-corrected chi connectivity index (χ2v) is 7.50. The lowest BCUT2D eigenvalue weighted by molar-refractivity contribution is 0.0580. The van der Waals surface area contributed by atoms with E-state index in [4.69, 9.17) is 5.73 Å². The SMILES string of the molecule is CC(C)CNc1nc(N)c(C(=O)N2CC(C)CCC2C)s1. The summed E-state index contributed by atoms with van der Waals surface area (Å²) in [7, 11) is 0. The highest BCUT2D eigenvalue weighted by Crippen LogP contribution is 2.30. The van der Waals surface area contributed by atoms with E-state index in [9.17, 15) is 4.79 Å². The van der Waals surface area contributed by atoms with Crippen LogP contribution in [0.4, 0.5) is 10.9 Å². The van der Waals surface area contributed by atoms with E-state index in [0.717, 1.165) is 24.6 Å². The fraction of sp³-hybridized carbons (Fsp3) is 0.733. The number of likely N-dealkylation sites (tertiary alicyclic amines) is 1. The molecular formula is C15H26N4OS. The van der Waals surface area contributed by atoms with Crippen molar-refractivity contribution in [2.24, 2.45) is 11.8 Å². The first-order valence-electron chi connectivity index (χ1n) is 7.69. The Hall–Kier alpha value is -1.30. The summed E-state index contributed by atoms with van der Waals surface area (Å²) in [4.78, 5) is 19.5. The van der Waals surface area contributed by atoms with Crippen LogP contribution in [0.3, 0.4) is 0 Å². The summed E-state index contributed by atoms with van der Waals surface area (Å²) in [5.74, 6) is 1.46. The van der Waals surface area contributed by atoms with Gasteiger partial charge in [0.25, 0.3) is 5.91 Å². The minimum Gasteiger partial charge on any atom is -0.382 e. The molecule has 3 N–H and O–H groups in total. The van der Waals surface area contributed by atoms with Crippen molar-refractivity contribution < 1.29 is 4.79 Å². The maximum absolute atomic E-state index is 12.7. The monoisotopic (exact) mass is 310 g/mol. The van der Waals surface area contributed by atoms with Crippen molar-refractivity contribution in [3.8, 4) is 0 Å². The van der Waals surface area contributed by atoms with Gasteiger partial charge in [-0.2, -0.15) is 0 Å². The molecule has 5 nitrogen and oxygen atoms in total. The standard InChI is InChI=1S/C15H26N4OS/c1-9(2)7-17-15-18-13(16)12(21-15)14(20)19-8-10(3)5-6-11(19)4/h9-11H,5-8,16H2,1-4H3,(H,17,18). The van der Waals surface area contributed by atoms with Gasteiger partial charge in [0, 0.05) is 19.1 Å². The molecule has 0 radical (unpaired) electrons. The highest BCUT2D eigenvalue weighted by molar-refractivity contribution is 7.18. The third-order valence-corrected chi connectivity index (χ3v) is 4.90. The first-order valence-corrected chi connectivity index (χ1v) is 8.51. The molecule has 0 spiro atoms. The number of nitrogens with one attached hydrogen (secondary N) is 1. The van der Waals surface area contributed by atoms with Crippen molar-refractivity contribution in [1.29, 1.82) is 0 Å². The molecule has 1 fully saturated rings. The van der Waals surface area contributed by atoms with Crippen LogP contribution in [0.1, 0.15) is 50.2 Å². The number of aromatic nitrogens is 1. The first-order chi connectivity index (χ1) is 9.88. The Kier molecular flexibility index (Phi) is 5.08. The van der Waals surface area contributed by atoms with Crippen molar-refractivity contribution in [2.45, 2.75) is 46.6 Å². The number of hydrogen-bond donors (Lipinski definition) is 2. The number of hydrogen-bond acceptors (Lipinski definition) is 5. The van der Waals surface area contributed by atoms with Gasteiger partial charge >= 0.3 is 0 Å². The summed E-state index contributed by atoms with van der Waals surface area (Å²) >= 11 is 1.37. The van der Waals surface area contributed by atoms with E-state index in [-0.39, 0.29) is 11.9 Å². The zero-order valence-electron chi connectivity index (χ0n) is 13.3. The number of carbonyl (C=O) groups is 1. The lowest BCUT2D eigenvalue weighted by Crippen LogP contribution is -2.44. The van der Waals surface area contributed by atoms with Gasteiger partial charge in [0.15, 0.2) is 5.13 Å². The van der Waals surface area contributed by atoms with E-state index in [1.807, 2.05) is 4.90 Å². The topological polar surface area (TPSA) is 71.2 Å². The molecule has 0 bridgehead atoms. The highest BCUT2D eigenvalue weighted by atomic mass is 32.1. The van der Waals surface area contributed by atoms with Crippen molar-refractivity contribution in [3.63, 3.8) is 0 Å². The second kappa shape index (κ2) is 6.64. The van der Waals surface area contributed by atoms with Gasteiger partial charge in [-0.05, 0) is 31.6 Å². The number of nitrogens with zero attached hydrogens (tertiary/aromatic N) is 2. The summed E-state index contributed by atoms with van der Waals surface area (Å²) in [5.41, 5.74) is 5.95. The molecule has 6 heteroatoms. The quantitative estimate of drug-likeness (QED) is 0.896. The predicted octanol–water partition coefficient (Wildman–Crippen LogP) is 3.05. The van der Waals surface area contributed by atoms with Gasteiger partial charge in [0.1, 0.15) is 10.7 Å². The normalized spacial score (nSPS) is 22.6. The Labute approximate surface area is 130 Å². The highest BCUT2D eigenvalue weighted by Gasteiger charge is 2.30. The maximum Gasteiger partial charge on any atom is 0.268 e. The Bertz CT molecular complexity index is 500. The summed E-state index contributed by atoms with van der Waals surface area (Å²) < 4.78 is 0. The van der Waals surface area contributed by atoms with E-state index >= 15 is 0 Å². The number of nitrogens with two attached hydrogens (primary N) is 1. The summed E-state index contributed by atoms with van der Waals surface area (Å²) in [6, 6.07) is 0.280. The Morgan fingerprint density at radius 2 is 2.19 bits per heavy atom. The second-order valence-electron chi connectivity index (χ2n) is 6.50. The minimum absolute atomic E-state index is 0.0293. The van der Waals surface area contributed by atoms with Crippen LogP contribution in [0.15, 0.2) is 0 Å². The van der Waals surface area contributed by atoms with E-state index < -0.39 is 0 Å². The molecule has 2 heterocycles. The Morgan fingerprint density at radius 1 is 1.48 bits per heavy atom. The molecule has 2 atom stereocenters. The number of carbonyl (C=O) groups excluding carboxylic acids is 1. The van der Waals surface area contributed by atoms with Crippen molar-refractivity contribution in [1.82, 2.24) is 9.88 Å². The first kappa shape index (κ1) is 16.1. The van der Waals surface area contributed by atoms with Crippen molar-refractivity contribution in [3.05, 3.63) is 4.88 Å². The molecule has 1 aromatic rings. The molecule has 0 aliphatic carbocycles. The molecule has 118 valence electrons. The van der Waals surface area contributed by atoms with Crippen LogP contribution in [0.5, 0.6) is 0 Å². The van der Waals surface area contributed by atoms with Crippen LogP contribution in [0.25, 0.3) is 0 Å². The van der Waals surface area contributed by atoms with Crippen LogP contribution in [0.2, 0.25) is 0 Å². The third-order valence-electron chi connectivity index (χ3n) is 3.89. The number of rotatable bonds is 4. The summed E-state index contributed by atoms with van der Waals surface area (Å²) in [6.45, 7) is 10.2. The van der Waals surface area contributed by atoms with Crippen LogP contribution in [-0.2, 0) is 0 Å². The Balaban J connectivity index is 2.11. The predicted molar refractivity (Wildman–Crippen MR) is 88.8 cm³/mol. The maximum atomic E-state index is 12.7. The van der Waals surface area contributed by atoms with Gasteiger partial charge in [-0.3, -0.25) is 4.79 Å². The van der Waals surface area contributed by atoms with Gasteiger partial charge in [0.2, 0.25) is 0 Å². The molecule has 1 aliphatic rings. The Morgan fingerprint density at radius 3 is 2.86 bits per heavy atom. The van der Waals surface area contributed by atoms with Gasteiger partial charge in [-0.15, -0.1) is 0 Å². The smallest absolute Gasteiger partial charge is 0.268 e. The van der Waals surface area contributed by atoms with E-state index in [1.54, 1.807) is 0 Å². The lowest BCUT2D eigenvalue weighted by atomic mass is 9.95. The van der Waals surface area contributed by atoms with Crippen molar-refractivity contribution in [2.75, 3.05) is 24.1 Å². The van der Waals surface area contributed by atoms with E-state index in [1.165, 1.54) is 17.8 Å². The molecule has 1 saturated heterocycles. The fourth-order valence-electron chi connectivity index (χ4n) is 2.55. The number of piperidine rings is 1. The number of amides is 1. The van der Waals surface area contributed by atoms with Crippen molar-refractivity contribution >= 4 is 28.2 Å². The fourth-order valence-corrected chi connectivity index (χ4v) is 3.40. The third kappa shape index (κ3) is 3.87. The van der Waals surface area contributed by atoms with Gasteiger partial charge in [-0.1, -0.05) is 32.1 Å². The van der Waals surface area contributed by atoms with Crippen LogP contribution < -0.4 is 11.1 Å². The largest absolute Gasteiger partial charge is 0.382 e. The summed E-state index contributed by atoms with van der Waals surface area (Å²) in [5, 5.41) is 3.98. The minimum atomic E-state index is 0.0293. The average Bonchev–Trinajstić information content (AvgIpc) is 2.79. The molecule has 1 aliphatic heterocycles. The molecule has 2 rings (SSSR count). The van der Waals surface area contributed by atoms with Crippen LogP contribution in [-0.4, -0.2) is 34.9 Å². The molecular weight excluding hydrogens is 284 g/mol. The molecule has 0 aromatic carbocycles. The number of thiazole rings is 1. The zero-order valence-corrected chi connectivity index (χ0v) is 14.2. The van der Waals surface area contributed by atoms with Crippen LogP contribution in [0, 0.1) is 11.8 Å². The molecule has 0 saturated carbocycles. The number of anilines is 2.